The highest BCUT2D eigenvalue weighted by atomic mass is 19.1. The van der Waals surface area contributed by atoms with E-state index in [-0.39, 0.29) is 28.6 Å². The van der Waals surface area contributed by atoms with Gasteiger partial charge in [0.25, 0.3) is 0 Å². The predicted octanol–water partition coefficient (Wildman–Crippen LogP) is 7.59. The Labute approximate surface area is 265 Å². The summed E-state index contributed by atoms with van der Waals surface area (Å²) in [7, 11) is 0. The summed E-state index contributed by atoms with van der Waals surface area (Å²) in [6.07, 6.45) is 6.99. The van der Waals surface area contributed by atoms with E-state index in [1.807, 2.05) is 60.3 Å². The normalized spacial score (nSPS) is 19.6. The van der Waals surface area contributed by atoms with Crippen molar-refractivity contribution in [2.45, 2.75) is 139 Å². The molecule has 3 aliphatic heterocycles. The lowest BCUT2D eigenvalue weighted by molar-refractivity contribution is -0.183. The van der Waals surface area contributed by atoms with Crippen molar-refractivity contribution in [3.8, 4) is 11.9 Å². The van der Waals surface area contributed by atoms with Gasteiger partial charge in [-0.25, -0.2) is 13.8 Å². The van der Waals surface area contributed by atoms with Crippen LogP contribution in [0.5, 0.6) is 11.9 Å². The van der Waals surface area contributed by atoms with E-state index >= 15 is 0 Å². The Morgan fingerprint density at radius 1 is 1.00 bits per heavy atom. The van der Waals surface area contributed by atoms with Gasteiger partial charge in [0.1, 0.15) is 29.5 Å². The third-order valence-corrected chi connectivity index (χ3v) is 7.26. The minimum Gasteiger partial charge on any atom is -0.475 e. The lowest BCUT2D eigenvalue weighted by atomic mass is 9.97. The van der Waals surface area contributed by atoms with E-state index in [2.05, 4.69) is 33.7 Å². The Balaban J connectivity index is 0.000000849. The molecule has 5 heterocycles. The second-order valence-electron chi connectivity index (χ2n) is 10.1. The van der Waals surface area contributed by atoms with Crippen molar-refractivity contribution >= 4 is 16.7 Å². The molecule has 0 spiro atoms. The zero-order valence-electron chi connectivity index (χ0n) is 29.3. The monoisotopic (exact) mass is 629 g/mol. The fourth-order valence-electron chi connectivity index (χ4n) is 5.40. The van der Waals surface area contributed by atoms with E-state index < -0.39 is 18.5 Å². The van der Waals surface area contributed by atoms with Crippen LogP contribution in [0.15, 0.2) is 0 Å². The van der Waals surface area contributed by atoms with E-state index in [0.29, 0.717) is 37.4 Å². The second kappa shape index (κ2) is 22.2. The molecule has 2 fully saturated rings. The topological polar surface area (TPSA) is 104 Å². The standard InChI is InChI=1S/C17H23FN4O4.C8H14FN.4C2H6/c1-3-4-5-6-7-22-8-9-25-15-11-13(12(18)10(2)19-15)20-16(21-14(11)22)26-17(23)24;1-8-3-2-4-10(8)6-7(9)5-8;4*1-2/h17,23-24H,3-9H2,1-2H3;7H,2-6H2,1H3;4*1-2H3. The van der Waals surface area contributed by atoms with Gasteiger partial charge < -0.3 is 24.6 Å². The van der Waals surface area contributed by atoms with Gasteiger partial charge in [0.15, 0.2) is 5.82 Å². The average Bonchev–Trinajstić information content (AvgIpc) is 3.46. The van der Waals surface area contributed by atoms with Gasteiger partial charge in [-0.3, -0.25) is 4.90 Å². The quantitative estimate of drug-likeness (QED) is 0.237. The van der Waals surface area contributed by atoms with Gasteiger partial charge in [-0.2, -0.15) is 9.97 Å². The number of ether oxygens (including phenoxy) is 2. The first kappa shape index (κ1) is 41.6. The molecule has 0 aromatic carbocycles. The van der Waals surface area contributed by atoms with E-state index in [0.717, 1.165) is 38.6 Å². The molecule has 3 aliphatic rings. The number of halogens is 2. The highest BCUT2D eigenvalue weighted by Gasteiger charge is 2.44. The summed E-state index contributed by atoms with van der Waals surface area (Å²) >= 11 is 0. The van der Waals surface area contributed by atoms with Gasteiger partial charge in [-0.05, 0) is 46.1 Å². The van der Waals surface area contributed by atoms with Crippen LogP contribution < -0.4 is 14.4 Å². The number of pyridine rings is 1. The van der Waals surface area contributed by atoms with Gasteiger partial charge in [0.05, 0.1) is 12.2 Å². The van der Waals surface area contributed by atoms with Crippen molar-refractivity contribution in [2.75, 3.05) is 37.7 Å². The lowest BCUT2D eigenvalue weighted by Gasteiger charge is -2.25. The van der Waals surface area contributed by atoms with Crippen LogP contribution in [0.25, 0.3) is 10.9 Å². The Morgan fingerprint density at radius 2 is 1.66 bits per heavy atom. The summed E-state index contributed by atoms with van der Waals surface area (Å²) in [6.45, 7) is 23.2. The minimum absolute atomic E-state index is 0.00592. The van der Waals surface area contributed by atoms with Crippen LogP contribution in [-0.4, -0.2) is 81.0 Å². The van der Waals surface area contributed by atoms with Crippen molar-refractivity contribution < 1.29 is 28.5 Å². The predicted molar refractivity (Wildman–Crippen MR) is 177 cm³/mol. The van der Waals surface area contributed by atoms with Crippen LogP contribution in [0.3, 0.4) is 0 Å². The number of aliphatic hydroxyl groups is 2. The molecular weight excluding hydrogens is 568 g/mol. The molecule has 2 atom stereocenters. The maximum atomic E-state index is 14.6. The molecule has 0 bridgehead atoms. The van der Waals surface area contributed by atoms with E-state index in [9.17, 15) is 8.78 Å². The number of hydrogen-bond acceptors (Lipinski definition) is 9. The molecule has 2 unspecified atom stereocenters. The minimum atomic E-state index is -2.09. The number of nitrogens with zero attached hydrogens (tertiary/aromatic N) is 5. The molecule has 5 rings (SSSR count). The number of aryl methyl sites for hydroxylation is 1. The van der Waals surface area contributed by atoms with Gasteiger partial charge in [0.2, 0.25) is 5.88 Å². The summed E-state index contributed by atoms with van der Waals surface area (Å²) in [5.74, 6) is 0.100. The number of anilines is 1. The molecule has 9 nitrogen and oxygen atoms in total. The summed E-state index contributed by atoms with van der Waals surface area (Å²) < 4.78 is 38.0. The molecule has 0 amide bonds. The van der Waals surface area contributed by atoms with E-state index in [1.54, 1.807) is 0 Å². The van der Waals surface area contributed by atoms with E-state index in [4.69, 9.17) is 19.7 Å². The summed E-state index contributed by atoms with van der Waals surface area (Å²) in [5, 5.41) is 18.5. The van der Waals surface area contributed by atoms with Crippen LogP contribution in [0.1, 0.15) is 120 Å². The smallest absolute Gasteiger partial charge is 0.323 e. The molecule has 2 N–H and O–H groups in total. The van der Waals surface area contributed by atoms with Gasteiger partial charge in [0, 0.05) is 18.6 Å². The maximum absolute atomic E-state index is 14.6. The van der Waals surface area contributed by atoms with Crippen molar-refractivity contribution in [3.63, 3.8) is 0 Å². The number of rotatable bonds is 7. The zero-order chi connectivity index (χ0) is 33.9. The van der Waals surface area contributed by atoms with Crippen LogP contribution in [0, 0.1) is 12.7 Å². The van der Waals surface area contributed by atoms with Crippen molar-refractivity contribution in [3.05, 3.63) is 11.5 Å². The molecule has 44 heavy (non-hydrogen) atoms. The first-order valence-electron chi connectivity index (χ1n) is 16.9. The van der Waals surface area contributed by atoms with Gasteiger partial charge >= 0.3 is 12.5 Å². The number of hydrogen-bond donors (Lipinski definition) is 2. The average molecular weight is 630 g/mol. The molecule has 0 aliphatic carbocycles. The van der Waals surface area contributed by atoms with Gasteiger partial charge in [-0.1, -0.05) is 81.6 Å². The Hall–Kier alpha value is -2.37. The van der Waals surface area contributed by atoms with Crippen LogP contribution in [0.4, 0.5) is 14.6 Å². The van der Waals surface area contributed by atoms with Crippen molar-refractivity contribution in [1.29, 1.82) is 0 Å². The van der Waals surface area contributed by atoms with Crippen LogP contribution in [-0.2, 0) is 0 Å². The Morgan fingerprint density at radius 3 is 2.25 bits per heavy atom. The number of aromatic nitrogens is 3. The summed E-state index contributed by atoms with van der Waals surface area (Å²) in [5.41, 5.74) is 0.372. The number of aliphatic hydroxyl groups excluding tert-OH is 1. The molecule has 2 saturated heterocycles. The number of unbranched alkanes of at least 4 members (excludes halogenated alkanes) is 3. The maximum Gasteiger partial charge on any atom is 0.323 e. The van der Waals surface area contributed by atoms with Crippen LogP contribution in [0.2, 0.25) is 0 Å². The number of fused-ring (bicyclic) bond motifs is 1. The third-order valence-electron chi connectivity index (χ3n) is 7.26. The zero-order valence-corrected chi connectivity index (χ0v) is 29.3. The van der Waals surface area contributed by atoms with Gasteiger partial charge in [-0.15, -0.1) is 0 Å². The fourth-order valence-corrected chi connectivity index (χ4v) is 5.40. The molecule has 2 aromatic rings. The summed E-state index contributed by atoms with van der Waals surface area (Å²) in [6, 6.07) is -0.307. The van der Waals surface area contributed by atoms with Crippen LogP contribution >= 0.6 is 0 Å². The fraction of sp³-hybridized carbons (Fsp3) is 0.788. The molecule has 0 saturated carbocycles. The Kier molecular flexibility index (Phi) is 21.0. The second-order valence-corrected chi connectivity index (χ2v) is 10.1. The third kappa shape index (κ3) is 11.5. The molecule has 2 aromatic heterocycles. The molecule has 256 valence electrons. The Bertz CT molecular complexity index is 1060. The molecule has 0 radical (unpaired) electrons. The van der Waals surface area contributed by atoms with E-state index in [1.165, 1.54) is 19.8 Å². The largest absolute Gasteiger partial charge is 0.475 e. The SMILES string of the molecule is CC.CC.CC.CC.CC12CCCN1CC(F)C2.CCCCCCN1CCOc2nc(C)c(F)c3nc(OC(O)O)nc1c23. The lowest BCUT2D eigenvalue weighted by Crippen LogP contribution is -2.34. The first-order valence-corrected chi connectivity index (χ1v) is 16.9. The molecular formula is C33H61F2N5O4. The molecule has 11 heteroatoms. The highest BCUT2D eigenvalue weighted by molar-refractivity contribution is 5.95. The van der Waals surface area contributed by atoms with Crippen molar-refractivity contribution in [1.82, 2.24) is 19.9 Å². The first-order chi connectivity index (χ1) is 21.2. The highest BCUT2D eigenvalue weighted by Crippen LogP contribution is 2.39. The van der Waals surface area contributed by atoms with Crippen molar-refractivity contribution in [2.24, 2.45) is 0 Å². The summed E-state index contributed by atoms with van der Waals surface area (Å²) in [4.78, 5) is 16.7. The number of alkyl halides is 1.